The second kappa shape index (κ2) is 7.26. The lowest BCUT2D eigenvalue weighted by Gasteiger charge is -2.15. The molecular weight excluding hydrogens is 330 g/mol. The standard InChI is InChI=1S/C17H20F2N4O2/c1-9-21-17(23-22-9)11-6-12(15(24)7-11)8-20-16(25)5-10-2-3-13(18)14(19)4-10/h2-4,11-12,15,24H,5-8H2,1H3,(H,20,25)(H,21,22,23)/t11?,12-,15-/m1/s1. The number of aliphatic hydroxyl groups excluding tert-OH is 1. The number of hydrogen-bond donors (Lipinski definition) is 3. The number of aromatic amines is 1. The molecule has 1 aromatic carbocycles. The van der Waals surface area contributed by atoms with Crippen molar-refractivity contribution < 1.29 is 18.7 Å². The highest BCUT2D eigenvalue weighted by atomic mass is 19.2. The Labute approximate surface area is 143 Å². The molecule has 1 heterocycles. The van der Waals surface area contributed by atoms with Crippen LogP contribution in [-0.4, -0.2) is 38.8 Å². The number of aromatic nitrogens is 3. The number of carbonyl (C=O) groups excluding carboxylic acids is 1. The number of hydrogen-bond acceptors (Lipinski definition) is 4. The van der Waals surface area contributed by atoms with Gasteiger partial charge < -0.3 is 10.4 Å². The van der Waals surface area contributed by atoms with Gasteiger partial charge in [0.15, 0.2) is 17.5 Å². The fraction of sp³-hybridized carbons (Fsp3) is 0.471. The Balaban J connectivity index is 1.51. The van der Waals surface area contributed by atoms with Gasteiger partial charge in [-0.3, -0.25) is 9.89 Å². The first kappa shape index (κ1) is 17.5. The lowest BCUT2D eigenvalue weighted by molar-refractivity contribution is -0.120. The quantitative estimate of drug-likeness (QED) is 0.764. The van der Waals surface area contributed by atoms with Gasteiger partial charge >= 0.3 is 0 Å². The summed E-state index contributed by atoms with van der Waals surface area (Å²) in [6.07, 6.45) is 0.668. The first-order chi connectivity index (χ1) is 11.9. The Hall–Kier alpha value is -2.35. The van der Waals surface area contributed by atoms with Gasteiger partial charge in [0.2, 0.25) is 5.91 Å². The van der Waals surface area contributed by atoms with E-state index in [1.807, 2.05) is 6.92 Å². The SMILES string of the molecule is Cc1nc(C2C[C@H](CNC(=O)Cc3ccc(F)c(F)c3)[C@H](O)C2)n[nH]1. The van der Waals surface area contributed by atoms with Crippen LogP contribution in [0.1, 0.15) is 36.0 Å². The molecule has 3 rings (SSSR count). The molecule has 3 atom stereocenters. The third-order valence-electron chi connectivity index (χ3n) is 4.55. The molecule has 8 heteroatoms. The van der Waals surface area contributed by atoms with Crippen LogP contribution in [0.25, 0.3) is 0 Å². The van der Waals surface area contributed by atoms with Crippen molar-refractivity contribution in [1.82, 2.24) is 20.5 Å². The van der Waals surface area contributed by atoms with E-state index < -0.39 is 17.7 Å². The molecule has 0 bridgehead atoms. The van der Waals surface area contributed by atoms with Crippen LogP contribution in [0, 0.1) is 24.5 Å². The van der Waals surface area contributed by atoms with Gasteiger partial charge in [-0.05, 0) is 37.5 Å². The number of amides is 1. The Morgan fingerprint density at radius 1 is 1.36 bits per heavy atom. The van der Waals surface area contributed by atoms with E-state index in [0.717, 1.165) is 18.0 Å². The maximum absolute atomic E-state index is 13.2. The van der Waals surface area contributed by atoms with Gasteiger partial charge in [-0.2, -0.15) is 5.10 Å². The second-order valence-electron chi connectivity index (χ2n) is 6.50. The highest BCUT2D eigenvalue weighted by Crippen LogP contribution is 2.36. The Bertz CT molecular complexity index is 765. The van der Waals surface area contributed by atoms with E-state index >= 15 is 0 Å². The summed E-state index contributed by atoms with van der Waals surface area (Å²) >= 11 is 0. The molecule has 1 unspecified atom stereocenters. The monoisotopic (exact) mass is 350 g/mol. The van der Waals surface area contributed by atoms with Crippen molar-refractivity contribution in [3.05, 3.63) is 47.0 Å². The van der Waals surface area contributed by atoms with E-state index in [-0.39, 0.29) is 24.2 Å². The van der Waals surface area contributed by atoms with Gasteiger partial charge in [0, 0.05) is 18.4 Å². The summed E-state index contributed by atoms with van der Waals surface area (Å²) in [4.78, 5) is 16.3. The maximum atomic E-state index is 13.2. The molecule has 1 amide bonds. The van der Waals surface area contributed by atoms with E-state index in [0.29, 0.717) is 30.8 Å². The number of benzene rings is 1. The topological polar surface area (TPSA) is 90.9 Å². The zero-order valence-electron chi connectivity index (χ0n) is 13.8. The summed E-state index contributed by atoms with van der Waals surface area (Å²) < 4.78 is 26.1. The minimum atomic E-state index is -0.971. The summed E-state index contributed by atoms with van der Waals surface area (Å²) in [5.74, 6) is -0.811. The third-order valence-corrected chi connectivity index (χ3v) is 4.55. The van der Waals surface area contributed by atoms with Crippen molar-refractivity contribution in [1.29, 1.82) is 0 Å². The number of nitrogens with one attached hydrogen (secondary N) is 2. The van der Waals surface area contributed by atoms with Crippen LogP contribution < -0.4 is 5.32 Å². The molecule has 134 valence electrons. The van der Waals surface area contributed by atoms with Crippen LogP contribution in [0.15, 0.2) is 18.2 Å². The summed E-state index contributed by atoms with van der Waals surface area (Å²) in [5, 5.41) is 19.9. The van der Waals surface area contributed by atoms with E-state index in [9.17, 15) is 18.7 Å². The zero-order valence-corrected chi connectivity index (χ0v) is 13.8. The zero-order chi connectivity index (χ0) is 18.0. The van der Waals surface area contributed by atoms with Gasteiger partial charge in [-0.25, -0.2) is 13.8 Å². The van der Waals surface area contributed by atoms with Gasteiger partial charge in [-0.15, -0.1) is 0 Å². The Morgan fingerprint density at radius 3 is 2.84 bits per heavy atom. The highest BCUT2D eigenvalue weighted by molar-refractivity contribution is 5.78. The molecule has 2 aromatic rings. The molecule has 6 nitrogen and oxygen atoms in total. The third kappa shape index (κ3) is 4.19. The number of aliphatic hydroxyl groups is 1. The normalized spacial score (nSPS) is 23.0. The Kier molecular flexibility index (Phi) is 5.08. The molecule has 0 saturated heterocycles. The average molecular weight is 350 g/mol. The van der Waals surface area contributed by atoms with Crippen LogP contribution in [0.3, 0.4) is 0 Å². The number of nitrogens with zero attached hydrogens (tertiary/aromatic N) is 2. The maximum Gasteiger partial charge on any atom is 0.224 e. The molecule has 0 spiro atoms. The molecule has 1 aliphatic carbocycles. The summed E-state index contributed by atoms with van der Waals surface area (Å²) in [5.41, 5.74) is 0.400. The molecule has 1 fully saturated rings. The average Bonchev–Trinajstić information content (AvgIpc) is 3.15. The number of aryl methyl sites for hydroxylation is 1. The number of carbonyl (C=O) groups is 1. The molecule has 1 aliphatic rings. The minimum absolute atomic E-state index is 0.0381. The molecule has 25 heavy (non-hydrogen) atoms. The predicted octanol–water partition coefficient (Wildman–Crippen LogP) is 1.60. The molecule has 1 aromatic heterocycles. The van der Waals surface area contributed by atoms with Crippen LogP contribution in [0.2, 0.25) is 0 Å². The summed E-state index contributed by atoms with van der Waals surface area (Å²) in [6.45, 7) is 2.14. The van der Waals surface area contributed by atoms with Crippen LogP contribution >= 0.6 is 0 Å². The van der Waals surface area contributed by atoms with Crippen molar-refractivity contribution in [2.24, 2.45) is 5.92 Å². The first-order valence-corrected chi connectivity index (χ1v) is 8.20. The van der Waals surface area contributed by atoms with E-state index in [4.69, 9.17) is 0 Å². The number of H-pyrrole nitrogens is 1. The lowest BCUT2D eigenvalue weighted by Crippen LogP contribution is -2.33. The van der Waals surface area contributed by atoms with Crippen LogP contribution in [-0.2, 0) is 11.2 Å². The van der Waals surface area contributed by atoms with Gasteiger partial charge in [0.25, 0.3) is 0 Å². The highest BCUT2D eigenvalue weighted by Gasteiger charge is 2.35. The fourth-order valence-electron chi connectivity index (χ4n) is 3.22. The fourth-order valence-corrected chi connectivity index (χ4v) is 3.22. The molecule has 1 saturated carbocycles. The molecule has 0 aliphatic heterocycles. The van der Waals surface area contributed by atoms with Crippen molar-refractivity contribution in [3.8, 4) is 0 Å². The van der Waals surface area contributed by atoms with E-state index in [2.05, 4.69) is 20.5 Å². The van der Waals surface area contributed by atoms with Crippen molar-refractivity contribution in [3.63, 3.8) is 0 Å². The predicted molar refractivity (Wildman–Crippen MR) is 85.7 cm³/mol. The van der Waals surface area contributed by atoms with Crippen LogP contribution in [0.5, 0.6) is 0 Å². The van der Waals surface area contributed by atoms with Gasteiger partial charge in [0.1, 0.15) is 5.82 Å². The summed E-state index contributed by atoms with van der Waals surface area (Å²) in [7, 11) is 0. The molecule has 3 N–H and O–H groups in total. The van der Waals surface area contributed by atoms with Crippen molar-refractivity contribution >= 4 is 5.91 Å². The van der Waals surface area contributed by atoms with Crippen LogP contribution in [0.4, 0.5) is 8.78 Å². The number of halogens is 2. The number of rotatable bonds is 5. The Morgan fingerprint density at radius 2 is 2.16 bits per heavy atom. The second-order valence-corrected chi connectivity index (χ2v) is 6.50. The molecule has 0 radical (unpaired) electrons. The minimum Gasteiger partial charge on any atom is -0.393 e. The van der Waals surface area contributed by atoms with Gasteiger partial charge in [-0.1, -0.05) is 6.07 Å². The van der Waals surface area contributed by atoms with E-state index in [1.165, 1.54) is 6.07 Å². The smallest absolute Gasteiger partial charge is 0.224 e. The largest absolute Gasteiger partial charge is 0.393 e. The van der Waals surface area contributed by atoms with Crippen molar-refractivity contribution in [2.45, 2.75) is 38.2 Å². The van der Waals surface area contributed by atoms with E-state index in [1.54, 1.807) is 0 Å². The lowest BCUT2D eigenvalue weighted by atomic mass is 10.0. The van der Waals surface area contributed by atoms with Gasteiger partial charge in [0.05, 0.1) is 12.5 Å². The summed E-state index contributed by atoms with van der Waals surface area (Å²) in [6, 6.07) is 3.40. The molecular formula is C17H20F2N4O2. The van der Waals surface area contributed by atoms with Crippen molar-refractivity contribution in [2.75, 3.05) is 6.54 Å². The first-order valence-electron chi connectivity index (χ1n) is 8.20.